The van der Waals surface area contributed by atoms with Crippen LogP contribution in [0.1, 0.15) is 47.1 Å². The van der Waals surface area contributed by atoms with Gasteiger partial charge in [-0.1, -0.05) is 6.07 Å². The molecule has 0 saturated carbocycles. The van der Waals surface area contributed by atoms with Crippen LogP contribution in [0.3, 0.4) is 0 Å². The van der Waals surface area contributed by atoms with Gasteiger partial charge in [0, 0.05) is 30.6 Å². The van der Waals surface area contributed by atoms with Gasteiger partial charge in [0.15, 0.2) is 28.5 Å². The summed E-state index contributed by atoms with van der Waals surface area (Å²) in [5.74, 6) is 0.503. The van der Waals surface area contributed by atoms with Crippen molar-refractivity contribution in [2.75, 3.05) is 13.3 Å². The number of carbonyl (C=O) groups is 1. The molecule has 12 heteroatoms. The highest BCUT2D eigenvalue weighted by molar-refractivity contribution is 5.94. The molecule has 1 atom stereocenters. The molecule has 6 rings (SSSR count). The molecule has 8 nitrogen and oxygen atoms in total. The SMILES string of the molecule is Cl.O=C(c1cc2nc(-c3ccc4c(c3)OCO4)cc(C(F)(F)F)n2n1)N1CCCCC1c1cccnc1. The fraction of sp³-hybridized carbons (Fsp3) is 0.280. The molecule has 1 amide bonds. The molecule has 0 bridgehead atoms. The van der Waals surface area contributed by atoms with Crippen LogP contribution in [0.2, 0.25) is 0 Å². The number of ether oxygens (including phenoxy) is 2. The zero-order chi connectivity index (χ0) is 24.9. The molecule has 1 saturated heterocycles. The summed E-state index contributed by atoms with van der Waals surface area (Å²) in [7, 11) is 0. The van der Waals surface area contributed by atoms with E-state index in [1.165, 1.54) is 6.07 Å². The van der Waals surface area contributed by atoms with E-state index in [0.717, 1.165) is 30.9 Å². The third-order valence-corrected chi connectivity index (χ3v) is 6.44. The first-order chi connectivity index (χ1) is 17.4. The molecule has 0 spiro atoms. The Morgan fingerprint density at radius 2 is 1.89 bits per heavy atom. The van der Waals surface area contributed by atoms with E-state index in [4.69, 9.17) is 9.47 Å². The van der Waals surface area contributed by atoms with E-state index in [1.54, 1.807) is 41.6 Å². The van der Waals surface area contributed by atoms with Crippen LogP contribution in [-0.4, -0.2) is 43.7 Å². The zero-order valence-electron chi connectivity index (χ0n) is 19.3. The number of likely N-dealkylation sites (tertiary alicyclic amines) is 1. The van der Waals surface area contributed by atoms with Crippen LogP contribution in [0.15, 0.2) is 54.9 Å². The molecule has 2 aliphatic rings. The van der Waals surface area contributed by atoms with Gasteiger partial charge < -0.3 is 14.4 Å². The fourth-order valence-corrected chi connectivity index (χ4v) is 4.73. The number of carbonyl (C=O) groups excluding carboxylic acids is 1. The molecule has 0 N–H and O–H groups in total. The molecule has 1 unspecified atom stereocenters. The standard InChI is InChI=1S/C25H20F3N5O3.ClH/c26-25(27,28)22-11-17(15-6-7-20-21(10-15)36-14-35-20)30-23-12-18(31-33(22)23)24(34)32-9-2-1-5-19(32)16-4-3-8-29-13-16;/h3-4,6-8,10-13,19H,1-2,5,9,14H2;1H. The number of nitrogens with zero attached hydrogens (tertiary/aromatic N) is 5. The number of piperidine rings is 1. The number of pyridine rings is 1. The number of fused-ring (bicyclic) bond motifs is 2. The van der Waals surface area contributed by atoms with Gasteiger partial charge in [0.05, 0.1) is 11.7 Å². The number of alkyl halides is 3. The van der Waals surface area contributed by atoms with Crippen LogP contribution in [0.5, 0.6) is 11.5 Å². The van der Waals surface area contributed by atoms with Gasteiger partial charge in [-0.05, 0) is 55.2 Å². The second-order valence-electron chi connectivity index (χ2n) is 8.69. The predicted octanol–water partition coefficient (Wildman–Crippen LogP) is 5.33. The summed E-state index contributed by atoms with van der Waals surface area (Å²) in [4.78, 5) is 23.7. The number of halogens is 4. The predicted molar refractivity (Wildman–Crippen MR) is 129 cm³/mol. The van der Waals surface area contributed by atoms with E-state index in [1.807, 2.05) is 6.07 Å². The third kappa shape index (κ3) is 4.55. The highest BCUT2D eigenvalue weighted by Gasteiger charge is 2.37. The Bertz CT molecular complexity index is 1460. The van der Waals surface area contributed by atoms with Crippen LogP contribution >= 0.6 is 12.4 Å². The molecule has 0 radical (unpaired) electrons. The second kappa shape index (κ2) is 9.55. The van der Waals surface area contributed by atoms with Gasteiger partial charge in [-0.15, -0.1) is 12.4 Å². The van der Waals surface area contributed by atoms with Crippen molar-refractivity contribution < 1.29 is 27.4 Å². The van der Waals surface area contributed by atoms with Crippen molar-refractivity contribution in [3.63, 3.8) is 0 Å². The van der Waals surface area contributed by atoms with Gasteiger partial charge in [-0.2, -0.15) is 18.3 Å². The molecule has 37 heavy (non-hydrogen) atoms. The van der Waals surface area contributed by atoms with E-state index < -0.39 is 17.8 Å². The number of aromatic nitrogens is 4. The lowest BCUT2D eigenvalue weighted by atomic mass is 9.96. The average molecular weight is 532 g/mol. The average Bonchev–Trinajstić information content (AvgIpc) is 3.54. The molecule has 2 aliphatic heterocycles. The van der Waals surface area contributed by atoms with Gasteiger partial charge in [0.1, 0.15) is 0 Å². The van der Waals surface area contributed by atoms with Gasteiger partial charge >= 0.3 is 6.18 Å². The van der Waals surface area contributed by atoms with Crippen molar-refractivity contribution in [1.82, 2.24) is 24.5 Å². The Kier molecular flexibility index (Phi) is 6.40. The van der Waals surface area contributed by atoms with Crippen molar-refractivity contribution in [3.05, 3.63) is 71.8 Å². The summed E-state index contributed by atoms with van der Waals surface area (Å²) in [6.45, 7) is 0.526. The van der Waals surface area contributed by atoms with E-state index in [2.05, 4.69) is 15.1 Å². The lowest BCUT2D eigenvalue weighted by Crippen LogP contribution is -2.38. The monoisotopic (exact) mass is 531 g/mol. The van der Waals surface area contributed by atoms with Gasteiger partial charge in [0.25, 0.3) is 5.91 Å². The van der Waals surface area contributed by atoms with Crippen molar-refractivity contribution >= 4 is 24.0 Å². The topological polar surface area (TPSA) is 81.8 Å². The van der Waals surface area contributed by atoms with Gasteiger partial charge in [-0.25, -0.2) is 9.50 Å². The first-order valence-electron chi connectivity index (χ1n) is 11.5. The van der Waals surface area contributed by atoms with Crippen LogP contribution in [0.25, 0.3) is 16.9 Å². The van der Waals surface area contributed by atoms with Crippen molar-refractivity contribution in [2.45, 2.75) is 31.5 Å². The number of hydrogen-bond acceptors (Lipinski definition) is 6. The van der Waals surface area contributed by atoms with Crippen LogP contribution < -0.4 is 9.47 Å². The minimum Gasteiger partial charge on any atom is -0.454 e. The first-order valence-corrected chi connectivity index (χ1v) is 11.5. The minimum absolute atomic E-state index is 0. The van der Waals surface area contributed by atoms with Crippen LogP contribution in [0.4, 0.5) is 13.2 Å². The Labute approximate surface area is 215 Å². The minimum atomic E-state index is -4.72. The normalized spacial score (nSPS) is 17.1. The highest BCUT2D eigenvalue weighted by Crippen LogP contribution is 2.38. The van der Waals surface area contributed by atoms with Gasteiger partial charge in [-0.3, -0.25) is 9.78 Å². The summed E-state index contributed by atoms with van der Waals surface area (Å²) in [5.41, 5.74) is 0.199. The highest BCUT2D eigenvalue weighted by atomic mass is 35.5. The lowest BCUT2D eigenvalue weighted by Gasteiger charge is -2.35. The molecule has 4 aromatic rings. The Hall–Kier alpha value is -3.86. The number of amides is 1. The van der Waals surface area contributed by atoms with E-state index in [9.17, 15) is 18.0 Å². The maximum Gasteiger partial charge on any atom is 0.433 e. The van der Waals surface area contributed by atoms with E-state index in [-0.39, 0.29) is 42.3 Å². The second-order valence-corrected chi connectivity index (χ2v) is 8.69. The summed E-state index contributed by atoms with van der Waals surface area (Å²) >= 11 is 0. The van der Waals surface area contributed by atoms with Crippen molar-refractivity contribution in [2.24, 2.45) is 0 Å². The third-order valence-electron chi connectivity index (χ3n) is 6.44. The zero-order valence-corrected chi connectivity index (χ0v) is 20.1. The fourth-order valence-electron chi connectivity index (χ4n) is 4.73. The Balaban J connectivity index is 0.00000280. The molecule has 3 aromatic heterocycles. The number of rotatable bonds is 3. The van der Waals surface area contributed by atoms with Crippen molar-refractivity contribution in [1.29, 1.82) is 0 Å². The first kappa shape index (κ1) is 24.8. The molecule has 192 valence electrons. The van der Waals surface area contributed by atoms with Crippen molar-refractivity contribution in [3.8, 4) is 22.8 Å². The van der Waals surface area contributed by atoms with E-state index >= 15 is 0 Å². The summed E-state index contributed by atoms with van der Waals surface area (Å²) in [6.07, 6.45) is 1.13. The molecule has 0 aliphatic carbocycles. The molecule has 1 fully saturated rings. The number of benzene rings is 1. The van der Waals surface area contributed by atoms with Crippen LogP contribution in [-0.2, 0) is 6.18 Å². The summed E-state index contributed by atoms with van der Waals surface area (Å²) < 4.78 is 53.5. The molecule has 1 aromatic carbocycles. The molecular weight excluding hydrogens is 511 g/mol. The largest absolute Gasteiger partial charge is 0.454 e. The molecular formula is C25H21ClF3N5O3. The maximum absolute atomic E-state index is 14.0. The van der Waals surface area contributed by atoms with Gasteiger partial charge in [0.2, 0.25) is 6.79 Å². The van der Waals surface area contributed by atoms with E-state index in [0.29, 0.717) is 28.1 Å². The summed E-state index contributed by atoms with van der Waals surface area (Å²) in [5, 5.41) is 4.06. The number of hydrogen-bond donors (Lipinski definition) is 0. The maximum atomic E-state index is 14.0. The molecule has 5 heterocycles. The Morgan fingerprint density at radius 1 is 1.05 bits per heavy atom. The summed E-state index contributed by atoms with van der Waals surface area (Å²) in [6, 6.07) is 10.5. The quantitative estimate of drug-likeness (QED) is 0.355. The smallest absolute Gasteiger partial charge is 0.433 e. The van der Waals surface area contributed by atoms with Crippen LogP contribution in [0, 0.1) is 0 Å². The lowest BCUT2D eigenvalue weighted by molar-refractivity contribution is -0.142. The Morgan fingerprint density at radius 3 is 2.68 bits per heavy atom.